The zero-order valence-corrected chi connectivity index (χ0v) is 17.0. The van der Waals surface area contributed by atoms with Crippen LogP contribution in [0, 0.1) is 0 Å². The molecule has 0 aliphatic rings. The lowest BCUT2D eigenvalue weighted by atomic mass is 10.1. The molecule has 0 radical (unpaired) electrons. The Balaban J connectivity index is 2.01. The number of carbonyl (C=O) groups is 2. The molecule has 7 heteroatoms. The quantitative estimate of drug-likeness (QED) is 0.622. The fourth-order valence-corrected chi connectivity index (χ4v) is 2.79. The van der Waals surface area contributed by atoms with Gasteiger partial charge in [0.1, 0.15) is 17.1 Å². The van der Waals surface area contributed by atoms with Crippen LogP contribution in [0.4, 0.5) is 5.69 Å². The fraction of sp³-hybridized carbons (Fsp3) is 0.333. The Morgan fingerprint density at radius 1 is 1.07 bits per heavy atom. The Kier molecular flexibility index (Phi) is 8.14. The van der Waals surface area contributed by atoms with Gasteiger partial charge in [0.05, 0.1) is 31.0 Å². The first-order chi connectivity index (χ1) is 13.5. The smallest absolute Gasteiger partial charge is 0.341 e. The van der Waals surface area contributed by atoms with E-state index in [-0.39, 0.29) is 35.3 Å². The van der Waals surface area contributed by atoms with Gasteiger partial charge in [-0.25, -0.2) is 4.79 Å². The second kappa shape index (κ2) is 10.6. The topological polar surface area (TPSA) is 73.9 Å². The van der Waals surface area contributed by atoms with E-state index in [9.17, 15) is 9.59 Å². The van der Waals surface area contributed by atoms with Crippen molar-refractivity contribution in [2.75, 3.05) is 25.6 Å². The van der Waals surface area contributed by atoms with E-state index in [0.29, 0.717) is 18.7 Å². The number of amides is 1. The van der Waals surface area contributed by atoms with Crippen LogP contribution in [0.2, 0.25) is 5.02 Å². The Morgan fingerprint density at radius 2 is 1.79 bits per heavy atom. The highest BCUT2D eigenvalue weighted by Gasteiger charge is 2.18. The standard InChI is InChI=1S/C21H24ClNO5/c1-4-27-15-9-6-14(7-10-15)8-11-20(24)23-18-13-19(26-3)16(12-17(18)22)21(25)28-5-2/h6-7,9-10,12-13H,4-5,8,11H2,1-3H3,(H,23,24). The van der Waals surface area contributed by atoms with Gasteiger partial charge >= 0.3 is 5.97 Å². The second-order valence-electron chi connectivity index (χ2n) is 5.88. The van der Waals surface area contributed by atoms with Crippen molar-refractivity contribution in [1.82, 2.24) is 0 Å². The molecule has 0 heterocycles. The minimum Gasteiger partial charge on any atom is -0.496 e. The average Bonchev–Trinajstić information content (AvgIpc) is 2.69. The van der Waals surface area contributed by atoms with Crippen LogP contribution in [0.5, 0.6) is 11.5 Å². The van der Waals surface area contributed by atoms with Crippen LogP contribution in [0.15, 0.2) is 36.4 Å². The summed E-state index contributed by atoms with van der Waals surface area (Å²) in [4.78, 5) is 24.3. The van der Waals surface area contributed by atoms with Crippen LogP contribution in [-0.4, -0.2) is 32.2 Å². The molecule has 0 aliphatic carbocycles. The molecule has 2 rings (SSSR count). The summed E-state index contributed by atoms with van der Waals surface area (Å²) >= 11 is 6.22. The highest BCUT2D eigenvalue weighted by molar-refractivity contribution is 6.34. The molecular formula is C21H24ClNO5. The summed E-state index contributed by atoms with van der Waals surface area (Å²) in [6.07, 6.45) is 0.861. The van der Waals surface area contributed by atoms with Crippen molar-refractivity contribution in [3.05, 3.63) is 52.5 Å². The first-order valence-electron chi connectivity index (χ1n) is 9.04. The third kappa shape index (κ3) is 5.89. The number of carbonyl (C=O) groups excluding carboxylic acids is 2. The summed E-state index contributed by atoms with van der Waals surface area (Å²) in [7, 11) is 1.43. The molecule has 0 saturated carbocycles. The first kappa shape index (κ1) is 21.6. The predicted octanol–water partition coefficient (Wildman–Crippen LogP) is 4.50. The number of ether oxygens (including phenoxy) is 3. The molecule has 0 atom stereocenters. The Morgan fingerprint density at radius 3 is 2.39 bits per heavy atom. The summed E-state index contributed by atoms with van der Waals surface area (Å²) in [6, 6.07) is 10.6. The van der Waals surface area contributed by atoms with Crippen LogP contribution in [0.3, 0.4) is 0 Å². The number of hydrogen-bond acceptors (Lipinski definition) is 5. The summed E-state index contributed by atoms with van der Waals surface area (Å²) in [5, 5.41) is 2.99. The van der Waals surface area contributed by atoms with Crippen LogP contribution < -0.4 is 14.8 Å². The number of halogens is 1. The molecule has 0 unspecified atom stereocenters. The Labute approximate surface area is 169 Å². The maximum atomic E-state index is 12.3. The molecule has 0 saturated heterocycles. The number of aryl methyl sites for hydroxylation is 1. The van der Waals surface area contributed by atoms with Crippen molar-refractivity contribution < 1.29 is 23.8 Å². The van der Waals surface area contributed by atoms with E-state index in [4.69, 9.17) is 25.8 Å². The zero-order chi connectivity index (χ0) is 20.5. The van der Waals surface area contributed by atoms with Crippen LogP contribution in [0.1, 0.15) is 36.2 Å². The van der Waals surface area contributed by atoms with Crippen LogP contribution >= 0.6 is 11.6 Å². The van der Waals surface area contributed by atoms with Gasteiger partial charge in [0.15, 0.2) is 0 Å². The van der Waals surface area contributed by atoms with Gasteiger partial charge in [-0.3, -0.25) is 4.79 Å². The number of esters is 1. The maximum absolute atomic E-state index is 12.3. The summed E-state index contributed by atoms with van der Waals surface area (Å²) in [5.74, 6) is 0.359. The second-order valence-corrected chi connectivity index (χ2v) is 6.29. The highest BCUT2D eigenvalue weighted by atomic mass is 35.5. The van der Waals surface area contributed by atoms with Crippen LogP contribution in [-0.2, 0) is 16.0 Å². The molecule has 1 N–H and O–H groups in total. The molecule has 0 aromatic heterocycles. The lowest BCUT2D eigenvalue weighted by molar-refractivity contribution is -0.116. The normalized spacial score (nSPS) is 10.3. The van der Waals surface area contributed by atoms with Gasteiger partial charge in [-0.15, -0.1) is 0 Å². The van der Waals surface area contributed by atoms with Gasteiger partial charge in [-0.1, -0.05) is 23.7 Å². The number of nitrogens with one attached hydrogen (secondary N) is 1. The number of anilines is 1. The third-order valence-corrected chi connectivity index (χ3v) is 4.25. The minimum absolute atomic E-state index is 0.193. The van der Waals surface area contributed by atoms with Crippen molar-refractivity contribution in [2.45, 2.75) is 26.7 Å². The van der Waals surface area contributed by atoms with Gasteiger partial charge in [0.25, 0.3) is 0 Å². The molecule has 6 nitrogen and oxygen atoms in total. The van der Waals surface area contributed by atoms with E-state index in [0.717, 1.165) is 11.3 Å². The Hall–Kier alpha value is -2.73. The lowest BCUT2D eigenvalue weighted by Crippen LogP contribution is -2.14. The lowest BCUT2D eigenvalue weighted by Gasteiger charge is -2.13. The van der Waals surface area contributed by atoms with E-state index < -0.39 is 5.97 Å². The summed E-state index contributed by atoms with van der Waals surface area (Å²) < 4.78 is 15.6. The van der Waals surface area contributed by atoms with E-state index in [2.05, 4.69) is 5.32 Å². The molecule has 0 fully saturated rings. The monoisotopic (exact) mass is 405 g/mol. The summed E-state index contributed by atoms with van der Waals surface area (Å²) in [5.41, 5.74) is 1.62. The number of rotatable bonds is 9. The van der Waals surface area contributed by atoms with Crippen molar-refractivity contribution in [2.24, 2.45) is 0 Å². The minimum atomic E-state index is -0.533. The molecule has 1 amide bonds. The zero-order valence-electron chi connectivity index (χ0n) is 16.2. The highest BCUT2D eigenvalue weighted by Crippen LogP contribution is 2.31. The van der Waals surface area contributed by atoms with Gasteiger partial charge in [-0.05, 0) is 44.0 Å². The predicted molar refractivity (Wildman–Crippen MR) is 109 cm³/mol. The van der Waals surface area contributed by atoms with Crippen LogP contribution in [0.25, 0.3) is 0 Å². The summed E-state index contributed by atoms with van der Waals surface area (Å²) in [6.45, 7) is 4.49. The van der Waals surface area contributed by atoms with Crippen molar-refractivity contribution in [3.8, 4) is 11.5 Å². The van der Waals surface area contributed by atoms with Crippen molar-refractivity contribution >= 4 is 29.2 Å². The number of hydrogen-bond donors (Lipinski definition) is 1. The SMILES string of the molecule is CCOC(=O)c1cc(Cl)c(NC(=O)CCc2ccc(OCC)cc2)cc1OC. The molecule has 28 heavy (non-hydrogen) atoms. The van der Waals surface area contributed by atoms with Gasteiger partial charge in [0.2, 0.25) is 5.91 Å². The third-order valence-electron chi connectivity index (χ3n) is 3.93. The van der Waals surface area contributed by atoms with Gasteiger partial charge in [-0.2, -0.15) is 0 Å². The molecule has 2 aromatic rings. The van der Waals surface area contributed by atoms with Gasteiger partial charge < -0.3 is 19.5 Å². The number of methoxy groups -OCH3 is 1. The molecule has 2 aromatic carbocycles. The maximum Gasteiger partial charge on any atom is 0.341 e. The fourth-order valence-electron chi connectivity index (χ4n) is 2.58. The average molecular weight is 406 g/mol. The van der Waals surface area contributed by atoms with Gasteiger partial charge in [0, 0.05) is 12.5 Å². The van der Waals surface area contributed by atoms with E-state index >= 15 is 0 Å². The van der Waals surface area contributed by atoms with E-state index in [1.54, 1.807) is 6.92 Å². The molecule has 0 aliphatic heterocycles. The first-order valence-corrected chi connectivity index (χ1v) is 9.42. The largest absolute Gasteiger partial charge is 0.496 e. The molecule has 0 spiro atoms. The van der Waals surface area contributed by atoms with Crippen molar-refractivity contribution in [3.63, 3.8) is 0 Å². The molecule has 0 bridgehead atoms. The Bertz CT molecular complexity index is 820. The molecular weight excluding hydrogens is 382 g/mol. The van der Waals surface area contributed by atoms with E-state index in [1.165, 1.54) is 19.2 Å². The van der Waals surface area contributed by atoms with Crippen molar-refractivity contribution in [1.29, 1.82) is 0 Å². The molecule has 150 valence electrons. The van der Waals surface area contributed by atoms with E-state index in [1.807, 2.05) is 31.2 Å². The number of benzene rings is 2.